The zero-order valence-corrected chi connectivity index (χ0v) is 11.5. The Hall–Kier alpha value is -0.710. The van der Waals surface area contributed by atoms with Crippen molar-refractivity contribution < 1.29 is 0 Å². The topological polar surface area (TPSA) is 24.9 Å². The molecule has 2 nitrogen and oxygen atoms in total. The highest BCUT2D eigenvalue weighted by molar-refractivity contribution is 7.11. The lowest BCUT2D eigenvalue weighted by Crippen LogP contribution is -2.12. The van der Waals surface area contributed by atoms with Crippen molar-refractivity contribution in [2.24, 2.45) is 0 Å². The zero-order chi connectivity index (χ0) is 11.5. The maximum Gasteiger partial charge on any atom is 0.107 e. The number of thiophene rings is 1. The first-order chi connectivity index (χ1) is 7.66. The van der Waals surface area contributed by atoms with Crippen LogP contribution in [0.5, 0.6) is 0 Å². The van der Waals surface area contributed by atoms with Gasteiger partial charge in [0.1, 0.15) is 5.01 Å². The minimum Gasteiger partial charge on any atom is -0.306 e. The first kappa shape index (κ1) is 11.8. The third kappa shape index (κ3) is 2.70. The summed E-state index contributed by atoms with van der Waals surface area (Å²) in [4.78, 5) is 7.26. The molecule has 0 saturated heterocycles. The van der Waals surface area contributed by atoms with Crippen molar-refractivity contribution in [1.29, 1.82) is 0 Å². The molecule has 2 aromatic rings. The van der Waals surface area contributed by atoms with E-state index in [0.29, 0.717) is 0 Å². The maximum absolute atomic E-state index is 4.51. The van der Waals surface area contributed by atoms with Crippen LogP contribution in [0.1, 0.15) is 26.0 Å². The Labute approximate surface area is 104 Å². The molecular formula is C12H16N2S2. The van der Waals surface area contributed by atoms with Gasteiger partial charge in [-0.2, -0.15) is 0 Å². The molecule has 0 aliphatic heterocycles. The van der Waals surface area contributed by atoms with Gasteiger partial charge in [-0.25, -0.2) is 4.98 Å². The van der Waals surface area contributed by atoms with Gasteiger partial charge in [-0.3, -0.25) is 0 Å². The van der Waals surface area contributed by atoms with Crippen LogP contribution in [0.25, 0.3) is 0 Å². The number of hydrogen-bond donors (Lipinski definition) is 1. The van der Waals surface area contributed by atoms with Gasteiger partial charge in [0.05, 0.1) is 5.69 Å². The molecule has 0 unspecified atom stereocenters. The van der Waals surface area contributed by atoms with Gasteiger partial charge in [0.15, 0.2) is 0 Å². The Kier molecular flexibility index (Phi) is 3.74. The van der Waals surface area contributed by atoms with E-state index in [-0.39, 0.29) is 0 Å². The largest absolute Gasteiger partial charge is 0.306 e. The third-order valence-electron chi connectivity index (χ3n) is 2.60. The highest BCUT2D eigenvalue weighted by Crippen LogP contribution is 2.17. The number of nitrogens with one attached hydrogen (secondary N) is 1. The molecule has 2 heterocycles. The first-order valence-corrected chi connectivity index (χ1v) is 7.03. The monoisotopic (exact) mass is 252 g/mol. The van der Waals surface area contributed by atoms with Gasteiger partial charge in [-0.05, 0) is 37.8 Å². The summed E-state index contributed by atoms with van der Waals surface area (Å²) in [5.74, 6) is 0. The van der Waals surface area contributed by atoms with Crippen molar-refractivity contribution in [2.45, 2.75) is 33.9 Å². The van der Waals surface area contributed by atoms with Crippen LogP contribution in [0.4, 0.5) is 0 Å². The molecule has 2 aromatic heterocycles. The normalized spacial score (nSPS) is 10.9. The van der Waals surface area contributed by atoms with Crippen molar-refractivity contribution in [3.05, 3.63) is 37.5 Å². The van der Waals surface area contributed by atoms with Crippen LogP contribution < -0.4 is 5.32 Å². The van der Waals surface area contributed by atoms with Crippen LogP contribution in [0.3, 0.4) is 0 Å². The van der Waals surface area contributed by atoms with Crippen LogP contribution in [0, 0.1) is 20.8 Å². The molecule has 0 aliphatic carbocycles. The molecule has 86 valence electrons. The molecule has 1 N–H and O–H groups in total. The summed E-state index contributed by atoms with van der Waals surface area (Å²) in [6.07, 6.45) is 0. The standard InChI is InChI=1S/C12H16N2S2/c1-8-4-5-15-11(8)6-13-7-12-14-9(2)10(3)16-12/h4-5,13H,6-7H2,1-3H3. The molecule has 0 saturated carbocycles. The molecule has 0 atom stereocenters. The Morgan fingerprint density at radius 3 is 2.62 bits per heavy atom. The summed E-state index contributed by atoms with van der Waals surface area (Å²) >= 11 is 3.60. The van der Waals surface area contributed by atoms with Crippen LogP contribution in [0.15, 0.2) is 11.4 Å². The van der Waals surface area contributed by atoms with Gasteiger partial charge < -0.3 is 5.32 Å². The van der Waals surface area contributed by atoms with Crippen LogP contribution in [-0.4, -0.2) is 4.98 Å². The minimum atomic E-state index is 0.872. The smallest absolute Gasteiger partial charge is 0.107 e. The number of hydrogen-bond acceptors (Lipinski definition) is 4. The van der Waals surface area contributed by atoms with E-state index in [1.54, 1.807) is 11.3 Å². The molecule has 0 radical (unpaired) electrons. The summed E-state index contributed by atoms with van der Waals surface area (Å²) < 4.78 is 0. The van der Waals surface area contributed by atoms with Crippen LogP contribution in [0.2, 0.25) is 0 Å². The Balaban J connectivity index is 1.87. The summed E-state index contributed by atoms with van der Waals surface area (Å²) in [7, 11) is 0. The lowest BCUT2D eigenvalue weighted by molar-refractivity contribution is 0.694. The van der Waals surface area contributed by atoms with Gasteiger partial charge in [-0.15, -0.1) is 22.7 Å². The lowest BCUT2D eigenvalue weighted by atomic mass is 10.3. The van der Waals surface area contributed by atoms with Crippen LogP contribution in [-0.2, 0) is 13.1 Å². The SMILES string of the molecule is Cc1ccsc1CNCc1nc(C)c(C)s1. The van der Waals surface area contributed by atoms with E-state index in [1.807, 2.05) is 11.3 Å². The van der Waals surface area contributed by atoms with Gasteiger partial charge in [0.25, 0.3) is 0 Å². The van der Waals surface area contributed by atoms with Gasteiger partial charge in [0, 0.05) is 22.8 Å². The second kappa shape index (κ2) is 5.08. The van der Waals surface area contributed by atoms with Crippen LogP contribution >= 0.6 is 22.7 Å². The average molecular weight is 252 g/mol. The summed E-state index contributed by atoms with van der Waals surface area (Å²) in [6, 6.07) is 2.17. The van der Waals surface area contributed by atoms with Crippen molar-refractivity contribution in [2.75, 3.05) is 0 Å². The number of rotatable bonds is 4. The van der Waals surface area contributed by atoms with Gasteiger partial charge in [0.2, 0.25) is 0 Å². The lowest BCUT2D eigenvalue weighted by Gasteiger charge is -2.01. The van der Waals surface area contributed by atoms with E-state index < -0.39 is 0 Å². The second-order valence-corrected chi connectivity index (χ2v) is 6.17. The van der Waals surface area contributed by atoms with Crippen molar-refractivity contribution in [1.82, 2.24) is 10.3 Å². The molecule has 0 amide bonds. The zero-order valence-electron chi connectivity index (χ0n) is 9.83. The highest BCUT2D eigenvalue weighted by atomic mass is 32.1. The fraction of sp³-hybridized carbons (Fsp3) is 0.417. The second-order valence-electron chi connectivity index (χ2n) is 3.88. The molecule has 0 spiro atoms. The summed E-state index contributed by atoms with van der Waals surface area (Å²) in [5.41, 5.74) is 2.54. The van der Waals surface area contributed by atoms with E-state index in [1.165, 1.54) is 20.3 Å². The number of nitrogens with zero attached hydrogens (tertiary/aromatic N) is 1. The predicted octanol–water partition coefficient (Wildman–Crippen LogP) is 3.42. The number of aryl methyl sites for hydroxylation is 3. The summed E-state index contributed by atoms with van der Waals surface area (Å²) in [5, 5.41) is 6.77. The Bertz CT molecular complexity index is 452. The molecule has 0 aromatic carbocycles. The van der Waals surface area contributed by atoms with E-state index in [2.05, 4.69) is 42.5 Å². The fourth-order valence-electron chi connectivity index (χ4n) is 1.48. The summed E-state index contributed by atoms with van der Waals surface area (Å²) in [6.45, 7) is 8.17. The molecular weight excluding hydrogens is 236 g/mol. The van der Waals surface area contributed by atoms with E-state index in [9.17, 15) is 0 Å². The quantitative estimate of drug-likeness (QED) is 0.902. The van der Waals surface area contributed by atoms with Gasteiger partial charge >= 0.3 is 0 Å². The molecule has 16 heavy (non-hydrogen) atoms. The molecule has 2 rings (SSSR count). The third-order valence-corrected chi connectivity index (χ3v) is 4.70. The molecule has 4 heteroatoms. The van der Waals surface area contributed by atoms with E-state index >= 15 is 0 Å². The maximum atomic E-state index is 4.51. The average Bonchev–Trinajstić information content (AvgIpc) is 2.76. The molecule has 0 fully saturated rings. The fourth-order valence-corrected chi connectivity index (χ4v) is 3.26. The Morgan fingerprint density at radius 1 is 1.25 bits per heavy atom. The first-order valence-electron chi connectivity index (χ1n) is 5.33. The Morgan fingerprint density at radius 2 is 2.06 bits per heavy atom. The predicted molar refractivity (Wildman–Crippen MR) is 71.2 cm³/mol. The van der Waals surface area contributed by atoms with Crippen molar-refractivity contribution >= 4 is 22.7 Å². The van der Waals surface area contributed by atoms with Crippen molar-refractivity contribution in [3.63, 3.8) is 0 Å². The van der Waals surface area contributed by atoms with Gasteiger partial charge in [-0.1, -0.05) is 0 Å². The molecule has 0 aliphatic rings. The van der Waals surface area contributed by atoms with E-state index in [4.69, 9.17) is 0 Å². The molecule has 0 bridgehead atoms. The van der Waals surface area contributed by atoms with Crippen molar-refractivity contribution in [3.8, 4) is 0 Å². The number of thiazole rings is 1. The number of aromatic nitrogens is 1. The minimum absolute atomic E-state index is 0.872. The highest BCUT2D eigenvalue weighted by Gasteiger charge is 2.04. The van der Waals surface area contributed by atoms with E-state index in [0.717, 1.165) is 18.8 Å².